The Bertz CT molecular complexity index is 1360. The summed E-state index contributed by atoms with van der Waals surface area (Å²) >= 11 is 0. The van der Waals surface area contributed by atoms with Crippen LogP contribution >= 0.6 is 0 Å². The van der Waals surface area contributed by atoms with E-state index in [4.69, 9.17) is 9.84 Å². The lowest BCUT2D eigenvalue weighted by Crippen LogP contribution is -2.61. The molecule has 7 heteroatoms. The van der Waals surface area contributed by atoms with E-state index in [2.05, 4.69) is 55.9 Å². The molecule has 0 radical (unpaired) electrons. The maximum atomic E-state index is 14.2. The average molecular weight is 517 g/mol. The van der Waals surface area contributed by atoms with Crippen molar-refractivity contribution in [2.24, 2.45) is 5.41 Å². The van der Waals surface area contributed by atoms with Gasteiger partial charge < -0.3 is 14.7 Å². The van der Waals surface area contributed by atoms with Gasteiger partial charge in [-0.1, -0.05) is 32.9 Å². The van der Waals surface area contributed by atoms with Crippen molar-refractivity contribution in [1.82, 2.24) is 4.98 Å². The van der Waals surface area contributed by atoms with Crippen LogP contribution in [0.4, 0.5) is 10.5 Å². The van der Waals surface area contributed by atoms with Gasteiger partial charge >= 0.3 is 12.1 Å². The number of quaternary nitrogens is 1. The standard InChI is InChI=1S/C31H37N3O4/c1-31(2,3)19-29(35)34(4,28-10-7-21-6-9-26(18-27(21)28)38-30(36)37)25-12-15-33(16-13-25)24-8-5-23-20-32-14-11-22(23)17-24/h5-6,8-9,11,14,17-18,20,25,28H,7,10,12-13,15-16,19H2,1-4H3/p+1. The number of carbonyl (C=O) groups excluding carboxylic acids is 1. The summed E-state index contributed by atoms with van der Waals surface area (Å²) in [5, 5.41) is 11.5. The second-order valence-electron chi connectivity index (χ2n) is 12.2. The number of pyridine rings is 1. The summed E-state index contributed by atoms with van der Waals surface area (Å²) in [6.07, 6.45) is 6.48. The number of aryl methyl sites for hydroxylation is 1. The molecule has 1 aliphatic carbocycles. The lowest BCUT2D eigenvalue weighted by Gasteiger charge is -2.48. The maximum absolute atomic E-state index is 14.2. The minimum Gasteiger partial charge on any atom is -0.449 e. The highest BCUT2D eigenvalue weighted by Crippen LogP contribution is 2.46. The second-order valence-corrected chi connectivity index (χ2v) is 12.2. The zero-order chi connectivity index (χ0) is 27.1. The number of aromatic nitrogens is 1. The lowest BCUT2D eigenvalue weighted by atomic mass is 9.87. The number of carboxylic acid groups (broad SMARTS) is 1. The third kappa shape index (κ3) is 5.12. The van der Waals surface area contributed by atoms with E-state index in [-0.39, 0.29) is 23.4 Å². The summed E-state index contributed by atoms with van der Waals surface area (Å²) in [6.45, 7) is 8.14. The highest BCUT2D eigenvalue weighted by Gasteiger charge is 2.50. The van der Waals surface area contributed by atoms with E-state index in [1.165, 1.54) is 16.6 Å². The van der Waals surface area contributed by atoms with Crippen LogP contribution in [0.1, 0.15) is 63.6 Å². The highest BCUT2D eigenvalue weighted by atomic mass is 16.7. The van der Waals surface area contributed by atoms with Crippen LogP contribution in [0.15, 0.2) is 54.9 Å². The number of benzene rings is 2. The number of ether oxygens (including phenoxy) is 1. The smallest absolute Gasteiger partial charge is 0.449 e. The van der Waals surface area contributed by atoms with Gasteiger partial charge in [0.05, 0.1) is 19.5 Å². The first-order valence-electron chi connectivity index (χ1n) is 13.6. The topological polar surface area (TPSA) is 79.7 Å². The molecule has 2 unspecified atom stereocenters. The van der Waals surface area contributed by atoms with Crippen molar-refractivity contribution >= 4 is 28.5 Å². The Hall–Kier alpha value is -3.45. The SMILES string of the molecule is CC(C)(C)CC(=O)[N+](C)(C1CCN(c2ccc3cnccc3c2)CC1)C1CCc2ccc(OC(=O)O)cc21. The number of carbonyl (C=O) groups is 2. The first kappa shape index (κ1) is 26.2. The van der Waals surface area contributed by atoms with Gasteiger partial charge in [0.1, 0.15) is 11.8 Å². The Morgan fingerprint density at radius 2 is 1.82 bits per heavy atom. The summed E-state index contributed by atoms with van der Waals surface area (Å²) in [7, 11) is 2.13. The predicted octanol–water partition coefficient (Wildman–Crippen LogP) is 6.36. The Labute approximate surface area is 224 Å². The summed E-state index contributed by atoms with van der Waals surface area (Å²) in [4.78, 5) is 32.0. The zero-order valence-corrected chi connectivity index (χ0v) is 22.8. The largest absolute Gasteiger partial charge is 0.511 e. The van der Waals surface area contributed by atoms with Gasteiger partial charge in [0.15, 0.2) is 0 Å². The molecule has 1 aliphatic heterocycles. The average Bonchev–Trinajstić information content (AvgIpc) is 3.30. The predicted molar refractivity (Wildman–Crippen MR) is 148 cm³/mol. The number of hydrogen-bond acceptors (Lipinski definition) is 5. The molecule has 0 saturated carbocycles. The molecule has 38 heavy (non-hydrogen) atoms. The first-order chi connectivity index (χ1) is 18.0. The molecule has 1 N–H and O–H groups in total. The molecule has 0 spiro atoms. The Kier molecular flexibility index (Phi) is 6.90. The molecule has 5 rings (SSSR count). The molecule has 3 aromatic rings. The number of fused-ring (bicyclic) bond motifs is 2. The summed E-state index contributed by atoms with van der Waals surface area (Å²) < 4.78 is 5.35. The van der Waals surface area contributed by atoms with Crippen molar-refractivity contribution in [3.63, 3.8) is 0 Å². The van der Waals surface area contributed by atoms with Crippen molar-refractivity contribution in [3.8, 4) is 5.75 Å². The van der Waals surface area contributed by atoms with Crippen molar-refractivity contribution in [1.29, 1.82) is 0 Å². The molecular formula is C31H38N3O4+. The van der Waals surface area contributed by atoms with Crippen LogP contribution in [-0.2, 0) is 11.2 Å². The monoisotopic (exact) mass is 516 g/mol. The van der Waals surface area contributed by atoms with Crippen LogP contribution in [0.2, 0.25) is 0 Å². The van der Waals surface area contributed by atoms with Crippen LogP contribution in [0.5, 0.6) is 5.75 Å². The lowest BCUT2D eigenvalue weighted by molar-refractivity contribution is -0.892. The number of nitrogens with zero attached hydrogens (tertiary/aromatic N) is 3. The van der Waals surface area contributed by atoms with E-state index in [0.29, 0.717) is 16.7 Å². The molecule has 2 heterocycles. The molecule has 2 atom stereocenters. The van der Waals surface area contributed by atoms with Crippen LogP contribution in [-0.4, -0.2) is 52.8 Å². The number of piperidine rings is 1. The van der Waals surface area contributed by atoms with E-state index >= 15 is 0 Å². The van der Waals surface area contributed by atoms with E-state index in [1.54, 1.807) is 6.07 Å². The van der Waals surface area contributed by atoms with Gasteiger partial charge in [0.2, 0.25) is 0 Å². The van der Waals surface area contributed by atoms with E-state index in [1.807, 2.05) is 30.6 Å². The van der Waals surface area contributed by atoms with Crippen LogP contribution < -0.4 is 9.64 Å². The Morgan fingerprint density at radius 1 is 1.05 bits per heavy atom. The fourth-order valence-electron chi connectivity index (χ4n) is 6.46. The summed E-state index contributed by atoms with van der Waals surface area (Å²) in [6, 6.07) is 14.3. The molecule has 7 nitrogen and oxygen atoms in total. The zero-order valence-electron chi connectivity index (χ0n) is 22.8. The van der Waals surface area contributed by atoms with Gasteiger partial charge in [-0.2, -0.15) is 0 Å². The number of anilines is 1. The normalized spacial score (nSPS) is 19.7. The summed E-state index contributed by atoms with van der Waals surface area (Å²) in [5.41, 5.74) is 3.33. The van der Waals surface area contributed by atoms with E-state index in [0.717, 1.165) is 49.7 Å². The molecule has 200 valence electrons. The van der Waals surface area contributed by atoms with E-state index in [9.17, 15) is 9.59 Å². The number of amides is 1. The third-order valence-electron chi connectivity index (χ3n) is 8.45. The quantitative estimate of drug-likeness (QED) is 0.242. The van der Waals surface area contributed by atoms with Crippen molar-refractivity contribution in [2.75, 3.05) is 25.0 Å². The number of rotatable bonds is 5. The molecule has 0 bridgehead atoms. The van der Waals surface area contributed by atoms with Gasteiger partial charge in [-0.15, -0.1) is 0 Å². The van der Waals surface area contributed by atoms with Gasteiger partial charge in [-0.3, -0.25) is 9.47 Å². The molecule has 1 amide bonds. The van der Waals surface area contributed by atoms with E-state index < -0.39 is 6.16 Å². The Morgan fingerprint density at radius 3 is 2.53 bits per heavy atom. The van der Waals surface area contributed by atoms with Gasteiger partial charge in [0.25, 0.3) is 0 Å². The van der Waals surface area contributed by atoms with Crippen LogP contribution in [0, 0.1) is 5.41 Å². The molecular weight excluding hydrogens is 478 g/mol. The van der Waals surface area contributed by atoms with Gasteiger partial charge in [-0.25, -0.2) is 9.59 Å². The minimum atomic E-state index is -1.32. The molecule has 2 aromatic carbocycles. The van der Waals surface area contributed by atoms with Crippen molar-refractivity contribution in [3.05, 3.63) is 66.0 Å². The second kappa shape index (κ2) is 10.0. The highest BCUT2D eigenvalue weighted by molar-refractivity contribution is 5.85. The third-order valence-corrected chi connectivity index (χ3v) is 8.45. The first-order valence-corrected chi connectivity index (χ1v) is 13.6. The minimum absolute atomic E-state index is 0.0121. The number of hydrogen-bond donors (Lipinski definition) is 1. The fraction of sp³-hybridized carbons (Fsp3) is 0.452. The van der Waals surface area contributed by atoms with Crippen LogP contribution in [0.3, 0.4) is 0 Å². The molecule has 1 saturated heterocycles. The molecule has 1 fully saturated rings. The molecule has 2 aliphatic rings. The Balaban J connectivity index is 1.43. The molecule has 1 aromatic heterocycles. The van der Waals surface area contributed by atoms with Crippen molar-refractivity contribution < 1.29 is 23.9 Å². The van der Waals surface area contributed by atoms with Gasteiger partial charge in [-0.05, 0) is 53.1 Å². The van der Waals surface area contributed by atoms with Gasteiger partial charge in [0, 0.05) is 61.4 Å². The van der Waals surface area contributed by atoms with Crippen LogP contribution in [0.25, 0.3) is 10.8 Å². The maximum Gasteiger partial charge on any atom is 0.511 e. The summed E-state index contributed by atoms with van der Waals surface area (Å²) in [5.74, 6) is 0.579. The fourth-order valence-corrected chi connectivity index (χ4v) is 6.46. The van der Waals surface area contributed by atoms with Crippen molar-refractivity contribution in [2.45, 2.75) is 65.0 Å².